The number of aromatic nitrogens is 2. The van der Waals surface area contributed by atoms with E-state index in [2.05, 4.69) is 0 Å². The van der Waals surface area contributed by atoms with Gasteiger partial charge in [-0.25, -0.2) is 4.68 Å². The number of likely N-dealkylation sites (N-methyl/N-ethyl adjacent to an activating group) is 1. The maximum atomic E-state index is 13.3. The Labute approximate surface area is 205 Å². The van der Waals surface area contributed by atoms with Crippen molar-refractivity contribution in [3.8, 4) is 11.8 Å². The van der Waals surface area contributed by atoms with Gasteiger partial charge in [-0.1, -0.05) is 18.2 Å². The van der Waals surface area contributed by atoms with Gasteiger partial charge >= 0.3 is 0 Å². The van der Waals surface area contributed by atoms with Gasteiger partial charge < -0.3 is 0 Å². The van der Waals surface area contributed by atoms with Gasteiger partial charge in [0.2, 0.25) is 0 Å². The van der Waals surface area contributed by atoms with E-state index in [0.29, 0.717) is 11.1 Å². The number of carbonyl (C=O) groups excluding carboxylic acids is 2. The Morgan fingerprint density at radius 1 is 1.06 bits per heavy atom. The van der Waals surface area contributed by atoms with E-state index in [-0.39, 0.29) is 23.4 Å². The zero-order valence-corrected chi connectivity index (χ0v) is 20.3. The summed E-state index contributed by atoms with van der Waals surface area (Å²) in [5.41, 5.74) is 3.94. The third kappa shape index (κ3) is 3.40. The number of hydrogen-bond donors (Lipinski definition) is 0. The summed E-state index contributed by atoms with van der Waals surface area (Å²) < 4.78 is 1.93. The number of rotatable bonds is 4. The molecule has 0 spiro atoms. The third-order valence-corrected chi connectivity index (χ3v) is 8.75. The molecule has 0 atom stereocenters. The normalized spacial score (nSPS) is 30.9. The van der Waals surface area contributed by atoms with Crippen molar-refractivity contribution in [3.05, 3.63) is 64.5 Å². The summed E-state index contributed by atoms with van der Waals surface area (Å²) in [5.74, 6) is 1.45. The lowest BCUT2D eigenvalue weighted by Crippen LogP contribution is -2.49. The Bertz CT molecular complexity index is 1290. The van der Waals surface area contributed by atoms with Crippen molar-refractivity contribution in [1.82, 2.24) is 14.7 Å². The Morgan fingerprint density at radius 3 is 2.26 bits per heavy atom. The van der Waals surface area contributed by atoms with Crippen LogP contribution < -0.4 is 0 Å². The average molecular weight is 467 g/mol. The van der Waals surface area contributed by atoms with Crippen molar-refractivity contribution in [1.29, 1.82) is 5.26 Å². The number of amides is 2. The van der Waals surface area contributed by atoms with Crippen LogP contribution in [0, 0.1) is 29.1 Å². The summed E-state index contributed by atoms with van der Waals surface area (Å²) in [7, 11) is 0. The molecule has 7 rings (SSSR count). The molecule has 1 aromatic carbocycles. The minimum atomic E-state index is -0.504. The summed E-state index contributed by atoms with van der Waals surface area (Å²) >= 11 is 0. The fourth-order valence-corrected chi connectivity index (χ4v) is 7.59. The molecule has 2 aromatic rings. The summed E-state index contributed by atoms with van der Waals surface area (Å²) in [4.78, 5) is 27.2. The van der Waals surface area contributed by atoms with Gasteiger partial charge in [0.25, 0.3) is 11.8 Å². The molecule has 4 bridgehead atoms. The Kier molecular flexibility index (Phi) is 5.07. The maximum absolute atomic E-state index is 13.3. The number of hydrogen-bond acceptors (Lipinski definition) is 4. The number of imide groups is 1. The lowest BCUT2D eigenvalue weighted by atomic mass is 9.48. The van der Waals surface area contributed by atoms with Crippen LogP contribution in [-0.4, -0.2) is 33.0 Å². The van der Waals surface area contributed by atoms with Crippen molar-refractivity contribution in [2.75, 3.05) is 6.54 Å². The monoisotopic (exact) mass is 466 g/mol. The second kappa shape index (κ2) is 8.05. The summed E-state index contributed by atoms with van der Waals surface area (Å²) in [6.45, 7) is 3.70. The number of nitriles is 1. The lowest BCUT2D eigenvalue weighted by molar-refractivity contribution is -0.140. The fourth-order valence-electron chi connectivity index (χ4n) is 7.59. The molecule has 4 fully saturated rings. The second-order valence-corrected chi connectivity index (χ2v) is 10.9. The van der Waals surface area contributed by atoms with Crippen LogP contribution in [0.1, 0.15) is 63.6 Å². The van der Waals surface area contributed by atoms with E-state index in [4.69, 9.17) is 5.10 Å². The summed E-state index contributed by atoms with van der Waals surface area (Å²) in [5, 5.41) is 14.8. The first-order valence-corrected chi connectivity index (χ1v) is 12.8. The van der Waals surface area contributed by atoms with Gasteiger partial charge in [-0.3, -0.25) is 14.5 Å². The molecule has 2 amide bonds. The van der Waals surface area contributed by atoms with E-state index in [1.165, 1.54) is 24.2 Å². The first-order chi connectivity index (χ1) is 16.9. The smallest absolute Gasteiger partial charge is 0.271 e. The van der Waals surface area contributed by atoms with Crippen molar-refractivity contribution in [3.63, 3.8) is 0 Å². The number of carbonyl (C=O) groups is 2. The molecule has 0 N–H and O–H groups in total. The standard InChI is InChI=1S/C29H30N4O2/c1-3-32-27(34)24(18(2)25(16-30)28(32)35)12-22-17-33(23-7-5-4-6-8-23)31-26(22)29-13-19-9-20(14-29)11-21(10-19)15-29/h4-8,12,17,19-21H,3,9-11,13-15H2,1-2H3/b24-12+. The number of benzene rings is 1. The molecule has 35 heavy (non-hydrogen) atoms. The van der Waals surface area contributed by atoms with Crippen molar-refractivity contribution in [2.45, 2.75) is 57.8 Å². The van der Waals surface area contributed by atoms with Crippen LogP contribution in [0.5, 0.6) is 0 Å². The molecule has 178 valence electrons. The molecule has 0 saturated heterocycles. The van der Waals surface area contributed by atoms with Crippen molar-refractivity contribution >= 4 is 17.9 Å². The molecule has 6 nitrogen and oxygen atoms in total. The quantitative estimate of drug-likeness (QED) is 0.472. The van der Waals surface area contributed by atoms with Crippen LogP contribution in [-0.2, 0) is 15.0 Å². The molecule has 1 aromatic heterocycles. The lowest BCUT2D eigenvalue weighted by Gasteiger charge is -2.56. The topological polar surface area (TPSA) is 79.0 Å². The fraction of sp³-hybridized carbons (Fsp3) is 0.448. The van der Waals surface area contributed by atoms with E-state index >= 15 is 0 Å². The molecule has 4 saturated carbocycles. The minimum absolute atomic E-state index is 0.0365. The van der Waals surface area contributed by atoms with E-state index in [9.17, 15) is 14.9 Å². The molecule has 0 radical (unpaired) electrons. The largest absolute Gasteiger partial charge is 0.274 e. The van der Waals surface area contributed by atoms with Crippen molar-refractivity contribution in [2.24, 2.45) is 17.8 Å². The van der Waals surface area contributed by atoms with Gasteiger partial charge in [0, 0.05) is 29.3 Å². The first-order valence-electron chi connectivity index (χ1n) is 12.8. The van der Waals surface area contributed by atoms with E-state index in [1.54, 1.807) is 13.8 Å². The van der Waals surface area contributed by atoms with E-state index < -0.39 is 5.91 Å². The van der Waals surface area contributed by atoms with Gasteiger partial charge in [0.05, 0.1) is 11.4 Å². The number of para-hydroxylation sites is 1. The highest BCUT2D eigenvalue weighted by Crippen LogP contribution is 2.61. The zero-order valence-electron chi connectivity index (χ0n) is 20.3. The molecule has 0 unspecified atom stereocenters. The molecule has 5 aliphatic rings. The Morgan fingerprint density at radius 2 is 1.69 bits per heavy atom. The summed E-state index contributed by atoms with van der Waals surface area (Å²) in [6.07, 6.45) is 11.4. The highest BCUT2D eigenvalue weighted by atomic mass is 16.2. The van der Waals surface area contributed by atoms with Crippen LogP contribution in [0.2, 0.25) is 0 Å². The van der Waals surface area contributed by atoms with Crippen LogP contribution in [0.15, 0.2) is 53.2 Å². The van der Waals surface area contributed by atoms with Crippen LogP contribution in [0.3, 0.4) is 0 Å². The molecular formula is C29H30N4O2. The average Bonchev–Trinajstić information content (AvgIpc) is 3.27. The zero-order chi connectivity index (χ0) is 24.3. The Hall–Kier alpha value is -3.46. The predicted octanol–water partition coefficient (Wildman–Crippen LogP) is 4.95. The van der Waals surface area contributed by atoms with Gasteiger partial charge in [-0.05, 0) is 93.9 Å². The van der Waals surface area contributed by atoms with Gasteiger partial charge in [0.15, 0.2) is 0 Å². The molecular weight excluding hydrogens is 436 g/mol. The molecule has 1 aliphatic heterocycles. The minimum Gasteiger partial charge on any atom is -0.274 e. The van der Waals surface area contributed by atoms with Crippen LogP contribution in [0.25, 0.3) is 11.8 Å². The van der Waals surface area contributed by atoms with Gasteiger partial charge in [-0.15, -0.1) is 0 Å². The second-order valence-electron chi connectivity index (χ2n) is 10.9. The van der Waals surface area contributed by atoms with Gasteiger partial charge in [-0.2, -0.15) is 10.4 Å². The molecule has 2 heterocycles. The van der Waals surface area contributed by atoms with Crippen LogP contribution in [0.4, 0.5) is 0 Å². The molecule has 4 aliphatic carbocycles. The van der Waals surface area contributed by atoms with E-state index in [1.807, 2.05) is 53.4 Å². The van der Waals surface area contributed by atoms with Crippen molar-refractivity contribution < 1.29 is 9.59 Å². The maximum Gasteiger partial charge on any atom is 0.271 e. The summed E-state index contributed by atoms with van der Waals surface area (Å²) in [6, 6.07) is 12.1. The Balaban J connectivity index is 1.53. The molecule has 6 heteroatoms. The van der Waals surface area contributed by atoms with Gasteiger partial charge in [0.1, 0.15) is 11.6 Å². The van der Waals surface area contributed by atoms with Crippen LogP contribution >= 0.6 is 0 Å². The highest BCUT2D eigenvalue weighted by Gasteiger charge is 2.53. The SMILES string of the molecule is CCN1C(=O)C(C#N)=C(C)/C(=C\c2cn(-c3ccccc3)nc2C23CC4CC(CC(C4)C2)C3)C1=O. The van der Waals surface area contributed by atoms with E-state index in [0.717, 1.165) is 54.0 Å². The highest BCUT2D eigenvalue weighted by molar-refractivity contribution is 6.19. The first kappa shape index (κ1) is 22.0. The third-order valence-electron chi connectivity index (χ3n) is 8.75. The number of nitrogens with zero attached hydrogens (tertiary/aromatic N) is 4. The predicted molar refractivity (Wildman–Crippen MR) is 132 cm³/mol.